The highest BCUT2D eigenvalue weighted by atomic mass is 32.2. The van der Waals surface area contributed by atoms with Crippen LogP contribution in [0, 0.1) is 13.8 Å². The Kier molecular flexibility index (Phi) is 6.37. The number of nitrogens with one attached hydrogen (secondary N) is 1. The van der Waals surface area contributed by atoms with Gasteiger partial charge >= 0.3 is 0 Å². The number of aromatic nitrogens is 2. The molecule has 1 N–H and O–H groups in total. The Morgan fingerprint density at radius 1 is 1.38 bits per heavy atom. The molecule has 0 saturated heterocycles. The van der Waals surface area contributed by atoms with Crippen molar-refractivity contribution in [1.82, 2.24) is 14.9 Å². The Bertz CT molecular complexity index is 853. The summed E-state index contributed by atoms with van der Waals surface area (Å²) in [6, 6.07) is 0.303. The largest absolute Gasteiger partial charge is 0.383 e. The Balaban J connectivity index is 1.83. The van der Waals surface area contributed by atoms with Crippen molar-refractivity contribution in [3.63, 3.8) is 0 Å². The fraction of sp³-hybridized carbons (Fsp3) is 0.611. The molecule has 0 unspecified atom stereocenters. The Morgan fingerprint density at radius 3 is 2.81 bits per heavy atom. The zero-order valence-corrected chi connectivity index (χ0v) is 17.1. The van der Waals surface area contributed by atoms with E-state index in [1.807, 2.05) is 13.8 Å². The summed E-state index contributed by atoms with van der Waals surface area (Å²) in [6.07, 6.45) is 4.49. The molecule has 1 saturated carbocycles. The van der Waals surface area contributed by atoms with E-state index in [4.69, 9.17) is 4.74 Å². The third-order valence-electron chi connectivity index (χ3n) is 4.83. The van der Waals surface area contributed by atoms with Crippen LogP contribution in [0.15, 0.2) is 9.95 Å². The van der Waals surface area contributed by atoms with Crippen LogP contribution in [-0.2, 0) is 16.1 Å². The molecule has 0 atom stereocenters. The van der Waals surface area contributed by atoms with Gasteiger partial charge in [0.15, 0.2) is 5.16 Å². The average molecular weight is 396 g/mol. The van der Waals surface area contributed by atoms with Crippen LogP contribution in [0.1, 0.15) is 36.1 Å². The molecule has 142 valence electrons. The maximum atomic E-state index is 13.0. The molecule has 0 bridgehead atoms. The number of fused-ring (bicyclic) bond motifs is 1. The van der Waals surface area contributed by atoms with Crippen LogP contribution < -0.4 is 10.9 Å². The number of amides is 1. The van der Waals surface area contributed by atoms with Crippen molar-refractivity contribution in [1.29, 1.82) is 0 Å². The minimum Gasteiger partial charge on any atom is -0.383 e. The third kappa shape index (κ3) is 4.13. The maximum absolute atomic E-state index is 13.0. The van der Waals surface area contributed by atoms with Crippen molar-refractivity contribution in [2.75, 3.05) is 19.5 Å². The first-order chi connectivity index (χ1) is 12.5. The number of carbonyl (C=O) groups is 1. The molecule has 3 rings (SSSR count). The standard InChI is InChI=1S/C18H25N3O3S2/c1-11-12(2)26-16-15(11)17(23)21(8-9-24-3)18(20-16)25-10-14(22)19-13-6-4-5-7-13/h13H,4-10H2,1-3H3,(H,19,22). The molecule has 0 aromatic carbocycles. The lowest BCUT2D eigenvalue weighted by Gasteiger charge is -2.13. The summed E-state index contributed by atoms with van der Waals surface area (Å²) in [5.41, 5.74) is 0.941. The summed E-state index contributed by atoms with van der Waals surface area (Å²) in [7, 11) is 1.61. The number of nitrogens with zero attached hydrogens (tertiary/aromatic N) is 2. The second kappa shape index (κ2) is 8.54. The highest BCUT2D eigenvalue weighted by molar-refractivity contribution is 7.99. The quantitative estimate of drug-likeness (QED) is 0.576. The van der Waals surface area contributed by atoms with Crippen LogP contribution in [0.4, 0.5) is 0 Å². The van der Waals surface area contributed by atoms with Gasteiger partial charge in [0.25, 0.3) is 5.56 Å². The average Bonchev–Trinajstić information content (AvgIpc) is 3.21. The fourth-order valence-corrected chi connectivity index (χ4v) is 5.18. The minimum absolute atomic E-state index is 0.00748. The van der Waals surface area contributed by atoms with E-state index in [1.54, 1.807) is 11.7 Å². The van der Waals surface area contributed by atoms with E-state index in [9.17, 15) is 9.59 Å². The second-order valence-electron chi connectivity index (χ2n) is 6.64. The summed E-state index contributed by atoms with van der Waals surface area (Å²) >= 11 is 2.85. The molecule has 2 heterocycles. The van der Waals surface area contributed by atoms with Crippen LogP contribution in [0.3, 0.4) is 0 Å². The van der Waals surface area contributed by atoms with Gasteiger partial charge in [0.2, 0.25) is 5.91 Å². The number of methoxy groups -OCH3 is 1. The van der Waals surface area contributed by atoms with E-state index in [-0.39, 0.29) is 17.2 Å². The van der Waals surface area contributed by atoms with E-state index in [2.05, 4.69) is 10.3 Å². The Morgan fingerprint density at radius 2 is 2.12 bits per heavy atom. The molecule has 2 aromatic heterocycles. The maximum Gasteiger partial charge on any atom is 0.263 e. The molecule has 1 aliphatic carbocycles. The van der Waals surface area contributed by atoms with Gasteiger partial charge < -0.3 is 10.1 Å². The second-order valence-corrected chi connectivity index (χ2v) is 8.79. The lowest BCUT2D eigenvalue weighted by Crippen LogP contribution is -2.34. The first-order valence-corrected chi connectivity index (χ1v) is 10.7. The van der Waals surface area contributed by atoms with Crippen molar-refractivity contribution in [3.8, 4) is 0 Å². The van der Waals surface area contributed by atoms with Crippen LogP contribution in [-0.4, -0.2) is 41.0 Å². The van der Waals surface area contributed by atoms with Crippen molar-refractivity contribution < 1.29 is 9.53 Å². The lowest BCUT2D eigenvalue weighted by molar-refractivity contribution is -0.119. The number of thiophene rings is 1. The summed E-state index contributed by atoms with van der Waals surface area (Å²) in [5, 5.41) is 4.35. The molecule has 26 heavy (non-hydrogen) atoms. The van der Waals surface area contributed by atoms with E-state index in [0.29, 0.717) is 29.7 Å². The van der Waals surface area contributed by atoms with E-state index in [0.717, 1.165) is 28.1 Å². The highest BCUT2D eigenvalue weighted by Crippen LogP contribution is 2.28. The fourth-order valence-electron chi connectivity index (χ4n) is 3.27. The normalized spacial score (nSPS) is 15.0. The SMILES string of the molecule is COCCn1c(SCC(=O)NC2CCCC2)nc2sc(C)c(C)c2c1=O. The smallest absolute Gasteiger partial charge is 0.263 e. The van der Waals surface area contributed by atoms with Gasteiger partial charge in [-0.25, -0.2) is 4.98 Å². The van der Waals surface area contributed by atoms with Gasteiger partial charge in [-0.2, -0.15) is 0 Å². The zero-order chi connectivity index (χ0) is 18.7. The monoisotopic (exact) mass is 395 g/mol. The number of carbonyl (C=O) groups excluding carboxylic acids is 1. The Labute approximate surface area is 161 Å². The van der Waals surface area contributed by atoms with E-state index < -0.39 is 0 Å². The molecule has 6 nitrogen and oxygen atoms in total. The van der Waals surface area contributed by atoms with Crippen molar-refractivity contribution in [3.05, 3.63) is 20.8 Å². The van der Waals surface area contributed by atoms with Gasteiger partial charge in [-0.05, 0) is 32.3 Å². The Hall–Kier alpha value is -1.38. The summed E-state index contributed by atoms with van der Waals surface area (Å²) in [5.74, 6) is 0.276. The van der Waals surface area contributed by atoms with Crippen molar-refractivity contribution in [2.24, 2.45) is 0 Å². The van der Waals surface area contributed by atoms with Gasteiger partial charge in [-0.1, -0.05) is 24.6 Å². The molecule has 1 fully saturated rings. The van der Waals surface area contributed by atoms with Gasteiger partial charge in [-0.3, -0.25) is 14.2 Å². The molecule has 2 aromatic rings. The van der Waals surface area contributed by atoms with Gasteiger partial charge in [0.1, 0.15) is 4.83 Å². The van der Waals surface area contributed by atoms with Gasteiger partial charge in [-0.15, -0.1) is 11.3 Å². The lowest BCUT2D eigenvalue weighted by atomic mass is 10.2. The first kappa shape index (κ1) is 19.4. The van der Waals surface area contributed by atoms with Crippen molar-refractivity contribution >= 4 is 39.2 Å². The number of thioether (sulfide) groups is 1. The molecule has 8 heteroatoms. The van der Waals surface area contributed by atoms with Gasteiger partial charge in [0.05, 0.1) is 24.3 Å². The number of hydrogen-bond acceptors (Lipinski definition) is 6. The number of hydrogen-bond donors (Lipinski definition) is 1. The molecule has 0 spiro atoms. The number of rotatable bonds is 7. The van der Waals surface area contributed by atoms with Crippen LogP contribution in [0.25, 0.3) is 10.2 Å². The topological polar surface area (TPSA) is 73.2 Å². The molecular formula is C18H25N3O3S2. The molecule has 1 aliphatic rings. The molecular weight excluding hydrogens is 370 g/mol. The van der Waals surface area contributed by atoms with E-state index >= 15 is 0 Å². The third-order valence-corrected chi connectivity index (χ3v) is 6.90. The summed E-state index contributed by atoms with van der Waals surface area (Å²) in [4.78, 5) is 31.7. The number of ether oxygens (including phenoxy) is 1. The highest BCUT2D eigenvalue weighted by Gasteiger charge is 2.20. The molecule has 0 radical (unpaired) electrons. The number of aryl methyl sites for hydroxylation is 2. The van der Waals surface area contributed by atoms with Crippen LogP contribution in [0.2, 0.25) is 0 Å². The van der Waals surface area contributed by atoms with Crippen LogP contribution >= 0.6 is 23.1 Å². The first-order valence-electron chi connectivity index (χ1n) is 8.93. The summed E-state index contributed by atoms with van der Waals surface area (Å²) in [6.45, 7) is 4.82. The minimum atomic E-state index is -0.0485. The zero-order valence-electron chi connectivity index (χ0n) is 15.5. The van der Waals surface area contributed by atoms with Crippen molar-refractivity contribution in [2.45, 2.75) is 57.3 Å². The van der Waals surface area contributed by atoms with Gasteiger partial charge in [0, 0.05) is 18.0 Å². The molecule has 1 amide bonds. The van der Waals surface area contributed by atoms with E-state index in [1.165, 1.54) is 35.9 Å². The molecule has 0 aliphatic heterocycles. The predicted molar refractivity (Wildman–Crippen MR) is 106 cm³/mol. The van der Waals surface area contributed by atoms with Crippen LogP contribution in [0.5, 0.6) is 0 Å². The predicted octanol–water partition coefficient (Wildman–Crippen LogP) is 2.87. The summed E-state index contributed by atoms with van der Waals surface area (Å²) < 4.78 is 6.78.